The van der Waals surface area contributed by atoms with Gasteiger partial charge in [-0.2, -0.15) is 0 Å². The van der Waals surface area contributed by atoms with Gasteiger partial charge in [-0.25, -0.2) is 8.78 Å². The normalized spacial score (nSPS) is 15.7. The van der Waals surface area contributed by atoms with Crippen molar-refractivity contribution in [2.45, 2.75) is 50.9 Å². The van der Waals surface area contributed by atoms with Gasteiger partial charge in [0.1, 0.15) is 11.6 Å². The van der Waals surface area contributed by atoms with E-state index in [-0.39, 0.29) is 18.8 Å². The van der Waals surface area contributed by atoms with Crippen molar-refractivity contribution >= 4 is 36.7 Å². The summed E-state index contributed by atoms with van der Waals surface area (Å²) in [6.07, 6.45) is -1.87. The highest BCUT2D eigenvalue weighted by molar-refractivity contribution is 6.51. The van der Waals surface area contributed by atoms with E-state index >= 15 is 0 Å². The molecule has 0 aromatic heterocycles. The fraction of sp³-hybridized carbons (Fsp3) is 0.476. The summed E-state index contributed by atoms with van der Waals surface area (Å²) in [5, 5.41) is 20.4. The van der Waals surface area contributed by atoms with Crippen molar-refractivity contribution in [3.63, 3.8) is 0 Å². The molecular weight excluding hydrogens is 459 g/mol. The summed E-state index contributed by atoms with van der Waals surface area (Å²) in [4.78, 5) is 59.4. The first-order valence-electron chi connectivity index (χ1n) is 10.4. The van der Waals surface area contributed by atoms with Crippen LogP contribution in [-0.2, 0) is 28.5 Å². The van der Waals surface area contributed by atoms with E-state index in [2.05, 4.69) is 5.32 Å². The van der Waals surface area contributed by atoms with E-state index in [1.54, 1.807) is 0 Å². The number of hydrogen-bond acceptors (Lipinski definition) is 7. The zero-order chi connectivity index (χ0) is 25.6. The molecule has 1 saturated heterocycles. The first-order chi connectivity index (χ1) is 15.8. The Bertz CT molecular complexity index is 969. The minimum atomic E-state index is -2.23. The van der Waals surface area contributed by atoms with Crippen LogP contribution >= 0.6 is 0 Å². The quantitative estimate of drug-likeness (QED) is 0.378. The van der Waals surface area contributed by atoms with E-state index in [0.29, 0.717) is 6.07 Å². The first-order valence-corrected chi connectivity index (χ1v) is 10.4. The number of Topliss-reactive ketones (excluding diaryl/α,β-unsaturated/α-hetero) is 1. The van der Waals surface area contributed by atoms with Crippen LogP contribution in [0.5, 0.6) is 0 Å². The van der Waals surface area contributed by atoms with Gasteiger partial charge in [-0.1, -0.05) is 13.8 Å². The number of nitrogens with one attached hydrogen (secondary N) is 1. The van der Waals surface area contributed by atoms with Crippen molar-refractivity contribution in [3.8, 4) is 0 Å². The van der Waals surface area contributed by atoms with Crippen LogP contribution in [0.2, 0.25) is 5.82 Å². The number of halogens is 2. The summed E-state index contributed by atoms with van der Waals surface area (Å²) in [5.41, 5.74) is -2.81. The number of aliphatic carboxylic acids is 2. The van der Waals surface area contributed by atoms with Gasteiger partial charge < -0.3 is 24.8 Å². The number of ketones is 1. The van der Waals surface area contributed by atoms with E-state index in [0.717, 1.165) is 12.1 Å². The maximum atomic E-state index is 13.7. The smallest absolute Gasteiger partial charge is 0.507 e. The third-order valence-electron chi connectivity index (χ3n) is 5.08. The van der Waals surface area contributed by atoms with Gasteiger partial charge >= 0.3 is 25.0 Å². The SMILES string of the molecule is CC(C)C[C@H](CC(=O)CNC(=O)c1cc(F)ccc1F)B1OC(=O)C(CC(=O)O)(CC(=O)O)O1. The Labute approximate surface area is 193 Å². The van der Waals surface area contributed by atoms with Crippen molar-refractivity contribution in [1.29, 1.82) is 0 Å². The first kappa shape index (κ1) is 26.9. The molecule has 0 spiro atoms. The monoisotopic (exact) mass is 483 g/mol. The second-order valence-corrected chi connectivity index (χ2v) is 8.47. The molecule has 0 saturated carbocycles. The summed E-state index contributed by atoms with van der Waals surface area (Å²) in [6.45, 7) is 3.08. The van der Waals surface area contributed by atoms with Crippen molar-refractivity contribution in [3.05, 3.63) is 35.4 Å². The molecule has 1 heterocycles. The zero-order valence-electron chi connectivity index (χ0n) is 18.5. The predicted molar refractivity (Wildman–Crippen MR) is 112 cm³/mol. The molecule has 13 heteroatoms. The molecule has 0 bridgehead atoms. The Hall–Kier alpha value is -3.35. The van der Waals surface area contributed by atoms with E-state index in [4.69, 9.17) is 19.5 Å². The minimum absolute atomic E-state index is 0.0231. The summed E-state index contributed by atoms with van der Waals surface area (Å²) in [5.74, 6) is -8.25. The number of carbonyl (C=O) groups is 5. The van der Waals surface area contributed by atoms with Crippen molar-refractivity contribution in [1.82, 2.24) is 5.32 Å². The third kappa shape index (κ3) is 7.08. The van der Waals surface area contributed by atoms with Crippen LogP contribution in [-0.4, -0.2) is 59.1 Å². The Morgan fingerprint density at radius 2 is 1.74 bits per heavy atom. The topological polar surface area (TPSA) is 156 Å². The average molecular weight is 483 g/mol. The number of benzene rings is 1. The number of rotatable bonds is 12. The molecule has 1 fully saturated rings. The van der Waals surface area contributed by atoms with Gasteiger partial charge in [0.25, 0.3) is 5.91 Å². The molecule has 184 valence electrons. The van der Waals surface area contributed by atoms with Crippen molar-refractivity contribution in [2.75, 3.05) is 6.54 Å². The fourth-order valence-corrected chi connectivity index (χ4v) is 3.68. The van der Waals surface area contributed by atoms with Crippen LogP contribution in [0.3, 0.4) is 0 Å². The highest BCUT2D eigenvalue weighted by Gasteiger charge is 2.57. The third-order valence-corrected chi connectivity index (χ3v) is 5.08. The van der Waals surface area contributed by atoms with Crippen molar-refractivity contribution < 1.29 is 52.3 Å². The summed E-state index contributed by atoms with van der Waals surface area (Å²) >= 11 is 0. The molecule has 0 radical (unpaired) electrons. The van der Waals surface area contributed by atoms with Crippen LogP contribution in [0.25, 0.3) is 0 Å². The molecule has 3 N–H and O–H groups in total. The lowest BCUT2D eigenvalue weighted by Crippen LogP contribution is -2.42. The molecule has 1 aromatic carbocycles. The molecule has 1 aliphatic rings. The number of amides is 1. The Balaban J connectivity index is 2.10. The summed E-state index contributed by atoms with van der Waals surface area (Å²) in [7, 11) is -1.38. The predicted octanol–water partition coefficient (Wildman–Crippen LogP) is 1.82. The van der Waals surface area contributed by atoms with Gasteiger partial charge in [0.2, 0.25) is 0 Å². The van der Waals surface area contributed by atoms with E-state index in [9.17, 15) is 32.8 Å². The Kier molecular flexibility index (Phi) is 8.85. The van der Waals surface area contributed by atoms with Gasteiger partial charge in [0.05, 0.1) is 24.9 Å². The van der Waals surface area contributed by atoms with Crippen LogP contribution in [0, 0.1) is 17.6 Å². The summed E-state index contributed by atoms with van der Waals surface area (Å²) in [6, 6.07) is 2.30. The molecule has 0 aliphatic carbocycles. The Morgan fingerprint density at radius 3 is 2.29 bits per heavy atom. The molecule has 1 aliphatic heterocycles. The maximum absolute atomic E-state index is 13.7. The van der Waals surface area contributed by atoms with Crippen LogP contribution in [0.4, 0.5) is 8.78 Å². The van der Waals surface area contributed by atoms with Gasteiger partial charge in [-0.15, -0.1) is 0 Å². The molecule has 1 amide bonds. The van der Waals surface area contributed by atoms with Crippen molar-refractivity contribution in [2.24, 2.45) is 5.92 Å². The fourth-order valence-electron chi connectivity index (χ4n) is 3.68. The van der Waals surface area contributed by atoms with Crippen LogP contribution in [0.15, 0.2) is 18.2 Å². The lowest BCUT2D eigenvalue weighted by molar-refractivity contribution is -0.157. The second-order valence-electron chi connectivity index (χ2n) is 8.47. The second kappa shape index (κ2) is 11.2. The van der Waals surface area contributed by atoms with E-state index in [1.807, 2.05) is 13.8 Å². The standard InChI is InChI=1S/C21H24BF2NO9/c1-11(2)5-12(22-33-20(32)21(34-22,8-17(27)28)9-18(29)30)6-14(26)10-25-19(31)15-7-13(23)3-4-16(15)24/h3-4,7,11-12H,5-6,8-10H2,1-2H3,(H,25,31)(H,27,28)(H,29,30)/t12-/m1/s1. The number of carbonyl (C=O) groups excluding carboxylic acids is 3. The molecule has 10 nitrogen and oxygen atoms in total. The molecule has 34 heavy (non-hydrogen) atoms. The minimum Gasteiger partial charge on any atom is -0.507 e. The van der Waals surface area contributed by atoms with Crippen LogP contribution in [0.1, 0.15) is 49.9 Å². The average Bonchev–Trinajstić information content (AvgIpc) is 3.01. The van der Waals surface area contributed by atoms with E-state index in [1.165, 1.54) is 0 Å². The largest absolute Gasteiger partial charge is 0.531 e. The molecule has 0 unspecified atom stereocenters. The van der Waals surface area contributed by atoms with Crippen LogP contribution < -0.4 is 5.32 Å². The highest BCUT2D eigenvalue weighted by Crippen LogP contribution is 2.38. The lowest BCUT2D eigenvalue weighted by atomic mass is 9.65. The molecule has 1 aromatic rings. The number of hydrogen-bond donors (Lipinski definition) is 3. The summed E-state index contributed by atoms with van der Waals surface area (Å²) < 4.78 is 37.7. The highest BCUT2D eigenvalue weighted by atomic mass is 19.1. The molecule has 1 atom stereocenters. The lowest BCUT2D eigenvalue weighted by Gasteiger charge is -2.23. The van der Waals surface area contributed by atoms with Gasteiger partial charge in [0, 0.05) is 12.2 Å². The van der Waals surface area contributed by atoms with Gasteiger partial charge in [-0.3, -0.25) is 24.0 Å². The van der Waals surface area contributed by atoms with E-state index < -0.39 is 84.7 Å². The molecule has 2 rings (SSSR count). The number of carboxylic acids is 2. The van der Waals surface area contributed by atoms with Gasteiger partial charge in [0.15, 0.2) is 11.4 Å². The maximum Gasteiger partial charge on any atom is 0.531 e. The Morgan fingerprint density at radius 1 is 1.12 bits per heavy atom. The van der Waals surface area contributed by atoms with Gasteiger partial charge in [-0.05, 0) is 30.5 Å². The number of carboxylic acid groups (broad SMARTS) is 2. The molecular formula is C21H24BF2NO9. The zero-order valence-corrected chi connectivity index (χ0v) is 18.5.